The fourth-order valence-corrected chi connectivity index (χ4v) is 4.14. The van der Waals surface area contributed by atoms with Crippen molar-refractivity contribution < 1.29 is 23.8 Å². The predicted octanol–water partition coefficient (Wildman–Crippen LogP) is 3.11. The summed E-state index contributed by atoms with van der Waals surface area (Å²) in [7, 11) is 3.01. The molecule has 1 aliphatic rings. The largest absolute Gasteiger partial charge is 0.493 e. The first-order valence-corrected chi connectivity index (χ1v) is 9.70. The van der Waals surface area contributed by atoms with Gasteiger partial charge in [0.2, 0.25) is 5.76 Å². The van der Waals surface area contributed by atoms with Crippen molar-refractivity contribution in [1.82, 2.24) is 4.90 Å². The summed E-state index contributed by atoms with van der Waals surface area (Å²) >= 11 is 3.37. The molecule has 0 saturated heterocycles. The lowest BCUT2D eigenvalue weighted by atomic mass is 9.97. The molecular formula is C21H18BrNO6. The molecule has 29 heavy (non-hydrogen) atoms. The monoisotopic (exact) mass is 459 g/mol. The first-order chi connectivity index (χ1) is 14.0. The molecule has 0 bridgehead atoms. The number of nitrogens with zero attached hydrogens (tertiary/aromatic N) is 1. The van der Waals surface area contributed by atoms with Crippen molar-refractivity contribution in [2.24, 2.45) is 0 Å². The van der Waals surface area contributed by atoms with Gasteiger partial charge in [0.1, 0.15) is 5.58 Å². The minimum Gasteiger partial charge on any atom is -0.493 e. The number of para-hydroxylation sites is 1. The number of benzene rings is 2. The Bertz CT molecular complexity index is 1170. The van der Waals surface area contributed by atoms with Crippen LogP contribution in [0.15, 0.2) is 50.1 Å². The van der Waals surface area contributed by atoms with Crippen LogP contribution in [0.3, 0.4) is 0 Å². The van der Waals surface area contributed by atoms with E-state index in [9.17, 15) is 14.7 Å². The molecule has 8 heteroatoms. The highest BCUT2D eigenvalue weighted by Gasteiger charge is 2.44. The molecule has 1 N–H and O–H groups in total. The van der Waals surface area contributed by atoms with Crippen LogP contribution in [0, 0.1) is 0 Å². The average Bonchev–Trinajstić information content (AvgIpc) is 3.00. The van der Waals surface area contributed by atoms with Gasteiger partial charge in [-0.3, -0.25) is 9.59 Å². The molecule has 1 atom stereocenters. The smallest absolute Gasteiger partial charge is 0.290 e. The standard InChI is InChI=1S/C21H18BrNO6/c1-27-15-5-3-4-12(19(15)28-2)17-16-18(25)13-10-11(22)6-7-14(13)29-20(16)21(26)23(17)8-9-24/h3-7,10,17,24H,8-9H2,1-2H3. The number of β-amino-alcohol motifs (C(OH)–C–C–N with tert-alkyl or cyclic N) is 1. The molecule has 3 aromatic rings. The second kappa shape index (κ2) is 7.53. The molecule has 0 spiro atoms. The Morgan fingerprint density at radius 1 is 1.17 bits per heavy atom. The molecule has 1 unspecified atom stereocenters. The van der Waals surface area contributed by atoms with Crippen molar-refractivity contribution >= 4 is 32.8 Å². The van der Waals surface area contributed by atoms with Crippen LogP contribution in [0.4, 0.5) is 0 Å². The number of carbonyl (C=O) groups excluding carboxylic acids is 1. The van der Waals surface area contributed by atoms with Crippen LogP contribution in [0.5, 0.6) is 11.5 Å². The highest BCUT2D eigenvalue weighted by atomic mass is 79.9. The van der Waals surface area contributed by atoms with Crippen LogP contribution < -0.4 is 14.9 Å². The van der Waals surface area contributed by atoms with Gasteiger partial charge in [-0.1, -0.05) is 28.1 Å². The van der Waals surface area contributed by atoms with E-state index in [1.54, 1.807) is 36.4 Å². The maximum atomic E-state index is 13.4. The fraction of sp³-hybridized carbons (Fsp3) is 0.238. The van der Waals surface area contributed by atoms with Crippen LogP contribution in [0.25, 0.3) is 11.0 Å². The Kier molecular flexibility index (Phi) is 5.06. The Morgan fingerprint density at radius 3 is 2.66 bits per heavy atom. The molecule has 2 heterocycles. The second-order valence-electron chi connectivity index (χ2n) is 6.52. The van der Waals surface area contributed by atoms with E-state index in [4.69, 9.17) is 13.9 Å². The number of rotatable bonds is 5. The number of halogens is 1. The summed E-state index contributed by atoms with van der Waals surface area (Å²) in [6.07, 6.45) is 0. The number of aliphatic hydroxyl groups is 1. The quantitative estimate of drug-likeness (QED) is 0.630. The molecule has 0 aliphatic carbocycles. The van der Waals surface area contributed by atoms with Gasteiger partial charge >= 0.3 is 0 Å². The molecule has 1 aromatic heterocycles. The van der Waals surface area contributed by atoms with Gasteiger partial charge in [0.15, 0.2) is 16.9 Å². The minimum atomic E-state index is -0.769. The van der Waals surface area contributed by atoms with Crippen molar-refractivity contribution in [2.75, 3.05) is 27.4 Å². The van der Waals surface area contributed by atoms with Crippen LogP contribution in [-0.2, 0) is 0 Å². The second-order valence-corrected chi connectivity index (χ2v) is 7.44. The van der Waals surface area contributed by atoms with Gasteiger partial charge < -0.3 is 23.9 Å². The third-order valence-corrected chi connectivity index (χ3v) is 5.49. The number of hydrogen-bond acceptors (Lipinski definition) is 6. The Morgan fingerprint density at radius 2 is 1.97 bits per heavy atom. The number of hydrogen-bond donors (Lipinski definition) is 1. The lowest BCUT2D eigenvalue weighted by Gasteiger charge is -2.26. The molecule has 1 aliphatic heterocycles. The third-order valence-electron chi connectivity index (χ3n) is 5.00. The van der Waals surface area contributed by atoms with Crippen molar-refractivity contribution in [3.63, 3.8) is 0 Å². The zero-order valence-electron chi connectivity index (χ0n) is 15.8. The van der Waals surface area contributed by atoms with E-state index in [2.05, 4.69) is 15.9 Å². The molecule has 150 valence electrons. The lowest BCUT2D eigenvalue weighted by molar-refractivity contribution is 0.0689. The summed E-state index contributed by atoms with van der Waals surface area (Å²) in [6, 6.07) is 9.54. The Labute approximate surface area is 174 Å². The van der Waals surface area contributed by atoms with Crippen molar-refractivity contribution in [3.05, 3.63) is 68.0 Å². The molecular weight excluding hydrogens is 442 g/mol. The summed E-state index contributed by atoms with van der Waals surface area (Å²) in [5, 5.41) is 9.91. The maximum absolute atomic E-state index is 13.4. The van der Waals surface area contributed by atoms with Crippen molar-refractivity contribution in [1.29, 1.82) is 0 Å². The summed E-state index contributed by atoms with van der Waals surface area (Å²) < 4.78 is 17.5. The van der Waals surface area contributed by atoms with Gasteiger partial charge in [-0.15, -0.1) is 0 Å². The van der Waals surface area contributed by atoms with E-state index in [1.807, 2.05) is 0 Å². The van der Waals surface area contributed by atoms with Crippen LogP contribution >= 0.6 is 15.9 Å². The van der Waals surface area contributed by atoms with Gasteiger partial charge in [-0.05, 0) is 24.3 Å². The van der Waals surface area contributed by atoms with Crippen molar-refractivity contribution in [3.8, 4) is 11.5 Å². The minimum absolute atomic E-state index is 0.0202. The molecule has 0 fully saturated rings. The molecule has 0 radical (unpaired) electrons. The summed E-state index contributed by atoms with van der Waals surface area (Å²) in [6.45, 7) is -0.227. The van der Waals surface area contributed by atoms with Crippen molar-refractivity contribution in [2.45, 2.75) is 6.04 Å². The summed E-state index contributed by atoms with van der Waals surface area (Å²) in [5.74, 6) is 0.416. The topological polar surface area (TPSA) is 89.2 Å². The average molecular weight is 460 g/mol. The fourth-order valence-electron chi connectivity index (χ4n) is 3.78. The SMILES string of the molecule is COc1cccc(C2c3c(oc4ccc(Br)cc4c3=O)C(=O)N2CCO)c1OC. The summed E-state index contributed by atoms with van der Waals surface area (Å²) in [5.41, 5.74) is 0.827. The van der Waals surface area contributed by atoms with E-state index >= 15 is 0 Å². The van der Waals surface area contributed by atoms with Gasteiger partial charge in [0.05, 0.1) is 37.8 Å². The third kappa shape index (κ3) is 2.99. The predicted molar refractivity (Wildman–Crippen MR) is 110 cm³/mol. The summed E-state index contributed by atoms with van der Waals surface area (Å²) in [4.78, 5) is 27.9. The number of aliphatic hydroxyl groups excluding tert-OH is 1. The number of fused-ring (bicyclic) bond motifs is 2. The zero-order valence-corrected chi connectivity index (χ0v) is 17.4. The van der Waals surface area contributed by atoms with Crippen LogP contribution in [0.1, 0.15) is 27.7 Å². The molecule has 7 nitrogen and oxygen atoms in total. The number of ether oxygens (including phenoxy) is 2. The van der Waals surface area contributed by atoms with E-state index < -0.39 is 11.9 Å². The molecule has 2 aromatic carbocycles. The molecule has 4 rings (SSSR count). The van der Waals surface area contributed by atoms with E-state index in [1.165, 1.54) is 19.1 Å². The van der Waals surface area contributed by atoms with Gasteiger partial charge in [0.25, 0.3) is 5.91 Å². The molecule has 1 amide bonds. The van der Waals surface area contributed by atoms with Gasteiger partial charge in [0, 0.05) is 16.6 Å². The van der Waals surface area contributed by atoms with Crippen LogP contribution in [0.2, 0.25) is 0 Å². The van der Waals surface area contributed by atoms with Gasteiger partial charge in [-0.25, -0.2) is 0 Å². The highest BCUT2D eigenvalue weighted by molar-refractivity contribution is 9.10. The Hall–Kier alpha value is -2.84. The number of methoxy groups -OCH3 is 2. The number of carbonyl (C=O) groups is 1. The van der Waals surface area contributed by atoms with E-state index in [0.717, 1.165) is 4.47 Å². The Balaban J connectivity index is 2.05. The first kappa shape index (κ1) is 19.5. The molecule has 0 saturated carbocycles. The van der Waals surface area contributed by atoms with Crippen LogP contribution in [-0.4, -0.2) is 43.3 Å². The highest BCUT2D eigenvalue weighted by Crippen LogP contribution is 2.44. The van der Waals surface area contributed by atoms with E-state index in [-0.39, 0.29) is 29.9 Å². The zero-order chi connectivity index (χ0) is 20.7. The normalized spacial score (nSPS) is 15.7. The first-order valence-electron chi connectivity index (χ1n) is 8.90. The number of amides is 1. The lowest BCUT2D eigenvalue weighted by Crippen LogP contribution is -2.32. The van der Waals surface area contributed by atoms with Gasteiger partial charge in [-0.2, -0.15) is 0 Å². The van der Waals surface area contributed by atoms with E-state index in [0.29, 0.717) is 28.0 Å². The maximum Gasteiger partial charge on any atom is 0.290 e.